The third-order valence-electron chi connectivity index (χ3n) is 12.3. The van der Waals surface area contributed by atoms with Gasteiger partial charge in [-0.05, 0) is 130 Å². The maximum Gasteiger partial charge on any atom is 0.416 e. The number of halogens is 3. The number of alkyl halides is 3. The van der Waals surface area contributed by atoms with E-state index >= 15 is 0 Å². The number of hydrogen-bond acceptors (Lipinski definition) is 8. The van der Waals surface area contributed by atoms with Gasteiger partial charge in [-0.1, -0.05) is 48.5 Å². The quantitative estimate of drug-likeness (QED) is 0.161. The highest BCUT2D eigenvalue weighted by Crippen LogP contribution is 2.44. The molecule has 0 aliphatic heterocycles. The van der Waals surface area contributed by atoms with Crippen LogP contribution in [0.15, 0.2) is 140 Å². The van der Waals surface area contributed by atoms with Gasteiger partial charge >= 0.3 is 6.18 Å². The Morgan fingerprint density at radius 1 is 0.441 bits per heavy atom. The molecule has 0 spiro atoms. The Morgan fingerprint density at radius 3 is 1.53 bits per heavy atom. The van der Waals surface area contributed by atoms with E-state index in [2.05, 4.69) is 69.4 Å². The van der Waals surface area contributed by atoms with Crippen molar-refractivity contribution in [2.45, 2.75) is 33.9 Å². The summed E-state index contributed by atoms with van der Waals surface area (Å²) >= 11 is 0. The highest BCUT2D eigenvalue weighted by Gasteiger charge is 2.32. The van der Waals surface area contributed by atoms with Crippen LogP contribution < -0.4 is 0 Å². The first-order valence-corrected chi connectivity index (χ1v) is 21.6. The fraction of sp³-hybridized carbons (Fsp3) is 0.0909. The fourth-order valence-corrected chi connectivity index (χ4v) is 9.44. The molecule has 13 heteroatoms. The average molecular weight is 893 g/mol. The molecule has 4 aromatic heterocycles. The van der Waals surface area contributed by atoms with Gasteiger partial charge in [0.1, 0.15) is 23.3 Å². The minimum Gasteiger partial charge on any atom is -0.309 e. The molecule has 10 nitrogen and oxygen atoms in total. The summed E-state index contributed by atoms with van der Waals surface area (Å²) in [5, 5.41) is 24.8. The zero-order chi connectivity index (χ0) is 47.0. The Kier molecular flexibility index (Phi) is 9.69. The third kappa shape index (κ3) is 6.96. The minimum atomic E-state index is -4.67. The van der Waals surface area contributed by atoms with Gasteiger partial charge in [-0.2, -0.15) is 23.7 Å². The van der Waals surface area contributed by atoms with Crippen molar-refractivity contribution in [1.82, 2.24) is 39.0 Å². The number of nitriles is 2. The van der Waals surface area contributed by atoms with Crippen molar-refractivity contribution in [2.24, 2.45) is 0 Å². The summed E-state index contributed by atoms with van der Waals surface area (Å²) in [7, 11) is 0. The summed E-state index contributed by atoms with van der Waals surface area (Å²) in [5.41, 5.74) is 7.90. The molecule has 0 unspecified atom stereocenters. The average Bonchev–Trinajstić information content (AvgIpc) is 3.84. The molecule has 0 fully saturated rings. The molecule has 326 valence electrons. The molecule has 0 N–H and O–H groups in total. The van der Waals surface area contributed by atoms with Crippen molar-refractivity contribution in [1.29, 1.82) is 10.5 Å². The maximum atomic E-state index is 14.1. The lowest BCUT2D eigenvalue weighted by Crippen LogP contribution is -2.06. The molecular weight excluding hydrogens is 858 g/mol. The molecule has 0 amide bonds. The van der Waals surface area contributed by atoms with Crippen LogP contribution in [0.2, 0.25) is 0 Å². The molecule has 0 aliphatic rings. The maximum absolute atomic E-state index is 14.1. The zero-order valence-corrected chi connectivity index (χ0v) is 36.9. The van der Waals surface area contributed by atoms with Gasteiger partial charge in [-0.3, -0.25) is 0 Å². The summed E-state index contributed by atoms with van der Waals surface area (Å²) in [4.78, 5) is 27.3. The summed E-state index contributed by atoms with van der Waals surface area (Å²) in [6, 6.07) is 47.0. The minimum absolute atomic E-state index is 0.145. The van der Waals surface area contributed by atoms with Gasteiger partial charge in [0.15, 0.2) is 11.6 Å². The normalized spacial score (nSPS) is 11.7. The molecule has 11 rings (SSSR count). The largest absolute Gasteiger partial charge is 0.416 e. The molecular formula is C55H35F3N10. The van der Waals surface area contributed by atoms with Crippen molar-refractivity contribution < 1.29 is 13.2 Å². The number of aromatic nitrogens is 8. The van der Waals surface area contributed by atoms with E-state index in [9.17, 15) is 23.7 Å². The summed E-state index contributed by atoms with van der Waals surface area (Å²) in [6.07, 6.45) is -4.67. The molecule has 4 heterocycles. The van der Waals surface area contributed by atoms with E-state index in [4.69, 9.17) is 0 Å². The third-order valence-corrected chi connectivity index (χ3v) is 12.3. The van der Waals surface area contributed by atoms with Crippen molar-refractivity contribution in [3.8, 4) is 68.5 Å². The number of rotatable bonds is 6. The van der Waals surface area contributed by atoms with Crippen molar-refractivity contribution >= 4 is 43.6 Å². The van der Waals surface area contributed by atoms with E-state index < -0.39 is 11.7 Å². The Morgan fingerprint density at radius 2 is 0.971 bits per heavy atom. The molecule has 68 heavy (non-hydrogen) atoms. The lowest BCUT2D eigenvalue weighted by molar-refractivity contribution is -0.137. The molecule has 0 saturated carbocycles. The Balaban J connectivity index is 1.20. The molecule has 0 saturated heterocycles. The second-order valence-electron chi connectivity index (χ2n) is 16.6. The van der Waals surface area contributed by atoms with Crippen molar-refractivity contribution in [3.63, 3.8) is 0 Å². The first-order chi connectivity index (χ1) is 32.9. The van der Waals surface area contributed by atoms with Crippen LogP contribution in [0.25, 0.3) is 100 Å². The number of benzene rings is 7. The van der Waals surface area contributed by atoms with Gasteiger partial charge in [0, 0.05) is 49.5 Å². The Bertz CT molecular complexity index is 3960. The van der Waals surface area contributed by atoms with E-state index in [1.165, 1.54) is 6.07 Å². The lowest BCUT2D eigenvalue weighted by atomic mass is 9.89. The van der Waals surface area contributed by atoms with Crippen LogP contribution in [0, 0.1) is 50.4 Å². The van der Waals surface area contributed by atoms with E-state index in [-0.39, 0.29) is 5.56 Å². The van der Waals surface area contributed by atoms with Crippen LogP contribution in [0.3, 0.4) is 0 Å². The van der Waals surface area contributed by atoms with Crippen molar-refractivity contribution in [3.05, 3.63) is 180 Å². The Labute approximate surface area is 386 Å². The molecule has 0 atom stereocenters. The second-order valence-corrected chi connectivity index (χ2v) is 16.6. The molecule has 11 aromatic rings. The topological polar surface area (TPSA) is 135 Å². The first kappa shape index (κ1) is 41.6. The predicted molar refractivity (Wildman–Crippen MR) is 257 cm³/mol. The lowest BCUT2D eigenvalue weighted by Gasteiger charge is -2.20. The molecule has 0 bridgehead atoms. The summed E-state index contributed by atoms with van der Waals surface area (Å²) in [6.45, 7) is 7.34. The van der Waals surface area contributed by atoms with Crippen LogP contribution in [0.5, 0.6) is 0 Å². The van der Waals surface area contributed by atoms with Gasteiger partial charge in [-0.15, -0.1) is 0 Å². The van der Waals surface area contributed by atoms with Crippen LogP contribution in [0.4, 0.5) is 13.2 Å². The number of para-hydroxylation sites is 2. The number of fused-ring (bicyclic) bond motifs is 6. The van der Waals surface area contributed by atoms with E-state index in [1.54, 1.807) is 12.1 Å². The number of aryl methyl sites for hydroxylation is 4. The fourth-order valence-electron chi connectivity index (χ4n) is 9.44. The standard InChI is InChI=1S/C55H35F3N10/c1-30-61-31(2)64-53(63-30)35-14-21-50-46(25-35)42-9-5-7-11-48(42)67(50)39-17-19-41(40-18-16-38(55(56,57)58)24-37(40)29-60)44(27-39)45-23-34(28-59)13-20-51(45)68-49-12-8-6-10-43(49)47-26-36(15-22-52(47)68)54-65-32(3)62-33(4)66-54/h5-27H,1-4H3. The van der Waals surface area contributed by atoms with Crippen LogP contribution in [-0.4, -0.2) is 39.0 Å². The molecule has 0 aliphatic carbocycles. The number of nitrogens with zero attached hydrogens (tertiary/aromatic N) is 10. The van der Waals surface area contributed by atoms with E-state index in [0.717, 1.165) is 72.6 Å². The predicted octanol–water partition coefficient (Wildman–Crippen LogP) is 12.9. The number of hydrogen-bond donors (Lipinski definition) is 0. The van der Waals surface area contributed by atoms with Gasteiger partial charge < -0.3 is 9.13 Å². The smallest absolute Gasteiger partial charge is 0.309 e. The SMILES string of the molecule is Cc1nc(C)nc(-c2ccc3c(c2)c2ccccc2n3-c2ccc(-c3ccc(C(F)(F)F)cc3C#N)c(-c3cc(C#N)ccc3-n3c4ccccc4c4cc(-c5nc(C)nc(C)n5)ccc43)c2)n1. The summed E-state index contributed by atoms with van der Waals surface area (Å²) in [5.74, 6) is 3.57. The molecule has 0 radical (unpaired) electrons. The molecule has 7 aromatic carbocycles. The van der Waals surface area contributed by atoms with E-state index in [0.29, 0.717) is 68.5 Å². The highest BCUT2D eigenvalue weighted by molar-refractivity contribution is 6.12. The van der Waals surface area contributed by atoms with Gasteiger partial charge in [0.05, 0.1) is 56.6 Å². The Hall–Kier alpha value is -9.07. The van der Waals surface area contributed by atoms with Gasteiger partial charge in [-0.25, -0.2) is 29.9 Å². The first-order valence-electron chi connectivity index (χ1n) is 21.6. The van der Waals surface area contributed by atoms with E-state index in [1.807, 2.05) is 119 Å². The zero-order valence-electron chi connectivity index (χ0n) is 36.9. The monoisotopic (exact) mass is 892 g/mol. The van der Waals surface area contributed by atoms with Crippen molar-refractivity contribution in [2.75, 3.05) is 0 Å². The van der Waals surface area contributed by atoms with Crippen LogP contribution in [-0.2, 0) is 6.18 Å². The summed E-state index contributed by atoms with van der Waals surface area (Å²) < 4.78 is 46.7. The van der Waals surface area contributed by atoms with Crippen LogP contribution in [0.1, 0.15) is 40.0 Å². The highest BCUT2D eigenvalue weighted by atomic mass is 19.4. The van der Waals surface area contributed by atoms with Crippen LogP contribution >= 0.6 is 0 Å². The second kappa shape index (κ2) is 15.8. The van der Waals surface area contributed by atoms with Gasteiger partial charge in [0.2, 0.25) is 0 Å². The van der Waals surface area contributed by atoms with Gasteiger partial charge in [0.25, 0.3) is 0 Å².